The molecule has 1 fully saturated rings. The molecule has 2 rings (SSSR count). The summed E-state index contributed by atoms with van der Waals surface area (Å²) in [7, 11) is 4.31. The van der Waals surface area contributed by atoms with E-state index in [4.69, 9.17) is 14.2 Å². The molecule has 8 nitrogen and oxygen atoms in total. The third-order valence-corrected chi connectivity index (χ3v) is 4.78. The Morgan fingerprint density at radius 3 is 2.23 bits per heavy atom. The van der Waals surface area contributed by atoms with E-state index in [1.165, 1.54) is 27.4 Å². The molecule has 0 atom stereocenters. The molecule has 0 aliphatic carbocycles. The van der Waals surface area contributed by atoms with Crippen LogP contribution in [0.4, 0.5) is 18.0 Å². The van der Waals surface area contributed by atoms with Crippen LogP contribution in [0.5, 0.6) is 17.2 Å². The van der Waals surface area contributed by atoms with E-state index in [0.29, 0.717) is 34.6 Å². The molecule has 3 amide bonds. The number of alkyl halides is 3. The van der Waals surface area contributed by atoms with Crippen LogP contribution in [0.3, 0.4) is 0 Å². The van der Waals surface area contributed by atoms with Gasteiger partial charge in [0.1, 0.15) is 6.42 Å². The van der Waals surface area contributed by atoms with Gasteiger partial charge >= 0.3 is 6.18 Å². The molecule has 12 heteroatoms. The summed E-state index contributed by atoms with van der Waals surface area (Å²) >= 11 is 0.675. The van der Waals surface area contributed by atoms with Crippen LogP contribution < -0.4 is 19.5 Å². The van der Waals surface area contributed by atoms with Crippen molar-refractivity contribution < 1.29 is 41.8 Å². The van der Waals surface area contributed by atoms with Gasteiger partial charge in [-0.2, -0.15) is 13.2 Å². The SMILES string of the molecule is COc1cc(/C=C2/SC(=O)N(CCNC(=O)CC(F)(F)F)C2=O)cc(OC)c1OC. The minimum Gasteiger partial charge on any atom is -0.493 e. The maximum absolute atomic E-state index is 12.5. The largest absolute Gasteiger partial charge is 0.493 e. The number of carbonyl (C=O) groups excluding carboxylic acids is 3. The molecule has 1 aromatic rings. The highest BCUT2D eigenvalue weighted by molar-refractivity contribution is 8.18. The van der Waals surface area contributed by atoms with Gasteiger partial charge in [0.25, 0.3) is 11.1 Å². The lowest BCUT2D eigenvalue weighted by molar-refractivity contribution is -0.153. The van der Waals surface area contributed by atoms with Crippen LogP contribution >= 0.6 is 11.8 Å². The molecule has 0 unspecified atom stereocenters. The first-order valence-electron chi connectivity index (χ1n) is 8.48. The highest BCUT2D eigenvalue weighted by Gasteiger charge is 2.35. The van der Waals surface area contributed by atoms with Crippen LogP contribution in [0.15, 0.2) is 17.0 Å². The molecule has 1 aliphatic rings. The molecule has 0 radical (unpaired) electrons. The van der Waals surface area contributed by atoms with Crippen molar-refractivity contribution in [2.24, 2.45) is 0 Å². The topological polar surface area (TPSA) is 94.2 Å². The van der Waals surface area contributed by atoms with Crippen LogP contribution in [-0.4, -0.2) is 62.5 Å². The fraction of sp³-hybridized carbons (Fsp3) is 0.389. The summed E-state index contributed by atoms with van der Waals surface area (Å²) < 4.78 is 52.2. The van der Waals surface area contributed by atoms with Gasteiger partial charge in [0, 0.05) is 13.1 Å². The molecule has 0 saturated carbocycles. The van der Waals surface area contributed by atoms with Gasteiger partial charge in [0.15, 0.2) is 11.5 Å². The number of thioether (sulfide) groups is 1. The van der Waals surface area contributed by atoms with Crippen LogP contribution in [0, 0.1) is 0 Å². The van der Waals surface area contributed by atoms with E-state index in [9.17, 15) is 27.6 Å². The maximum Gasteiger partial charge on any atom is 0.397 e. The third kappa shape index (κ3) is 5.81. The van der Waals surface area contributed by atoms with Gasteiger partial charge in [0.2, 0.25) is 11.7 Å². The van der Waals surface area contributed by atoms with Crippen molar-refractivity contribution in [2.75, 3.05) is 34.4 Å². The highest BCUT2D eigenvalue weighted by Crippen LogP contribution is 2.40. The fourth-order valence-electron chi connectivity index (χ4n) is 2.58. The van der Waals surface area contributed by atoms with E-state index in [1.54, 1.807) is 12.1 Å². The van der Waals surface area contributed by atoms with Gasteiger partial charge in [-0.15, -0.1) is 0 Å². The number of rotatable bonds is 8. The Morgan fingerprint density at radius 2 is 1.73 bits per heavy atom. The molecular formula is C18H19F3N2O6S. The average Bonchev–Trinajstić information content (AvgIpc) is 2.93. The van der Waals surface area contributed by atoms with Crippen molar-refractivity contribution in [1.29, 1.82) is 0 Å². The lowest BCUT2D eigenvalue weighted by Gasteiger charge is -2.14. The number of nitrogens with one attached hydrogen (secondary N) is 1. The molecule has 164 valence electrons. The van der Waals surface area contributed by atoms with E-state index in [1.807, 2.05) is 5.32 Å². The number of amides is 3. The zero-order valence-corrected chi connectivity index (χ0v) is 17.1. The molecule has 1 saturated heterocycles. The van der Waals surface area contributed by atoms with Crippen molar-refractivity contribution in [2.45, 2.75) is 12.6 Å². The van der Waals surface area contributed by atoms with Crippen molar-refractivity contribution >= 4 is 34.9 Å². The summed E-state index contributed by atoms with van der Waals surface area (Å²) in [6.07, 6.45) is -4.80. The standard InChI is InChI=1S/C18H19F3N2O6S/c1-27-11-6-10(7-12(28-2)15(11)29-3)8-13-16(25)23(17(26)30-13)5-4-22-14(24)9-18(19,20)21/h6-8H,4-5,9H2,1-3H3,(H,22,24)/b13-8+. The monoisotopic (exact) mass is 448 g/mol. The number of hydrogen-bond acceptors (Lipinski definition) is 7. The zero-order chi connectivity index (χ0) is 22.5. The smallest absolute Gasteiger partial charge is 0.397 e. The first-order valence-corrected chi connectivity index (χ1v) is 9.30. The summed E-state index contributed by atoms with van der Waals surface area (Å²) in [5.41, 5.74) is 0.508. The number of nitrogens with zero attached hydrogens (tertiary/aromatic N) is 1. The third-order valence-electron chi connectivity index (χ3n) is 3.88. The summed E-state index contributed by atoms with van der Waals surface area (Å²) in [5, 5.41) is 1.44. The van der Waals surface area contributed by atoms with Gasteiger partial charge in [-0.1, -0.05) is 0 Å². The Labute approximate surface area is 174 Å². The van der Waals surface area contributed by atoms with Gasteiger partial charge in [-0.05, 0) is 35.5 Å². The number of benzene rings is 1. The Balaban J connectivity index is 2.10. The number of methoxy groups -OCH3 is 3. The summed E-state index contributed by atoms with van der Waals surface area (Å²) in [6.45, 7) is -0.536. The minimum absolute atomic E-state index is 0.107. The first-order chi connectivity index (χ1) is 14.1. The number of carbonyl (C=O) groups is 3. The summed E-state index contributed by atoms with van der Waals surface area (Å²) in [4.78, 5) is 36.8. The van der Waals surface area contributed by atoms with E-state index in [-0.39, 0.29) is 18.0 Å². The summed E-state index contributed by atoms with van der Waals surface area (Å²) in [6, 6.07) is 3.18. The fourth-order valence-corrected chi connectivity index (χ4v) is 3.45. The molecule has 30 heavy (non-hydrogen) atoms. The molecule has 1 aliphatic heterocycles. The number of imide groups is 1. The molecule has 1 aromatic carbocycles. The molecule has 0 spiro atoms. The molecule has 0 aromatic heterocycles. The van der Waals surface area contributed by atoms with Gasteiger partial charge in [-0.3, -0.25) is 19.3 Å². The van der Waals surface area contributed by atoms with Crippen LogP contribution in [0.25, 0.3) is 6.08 Å². The van der Waals surface area contributed by atoms with Gasteiger partial charge in [0.05, 0.1) is 26.2 Å². The van der Waals surface area contributed by atoms with Crippen LogP contribution in [-0.2, 0) is 9.59 Å². The first kappa shape index (κ1) is 23.4. The predicted molar refractivity (Wildman–Crippen MR) is 102 cm³/mol. The maximum atomic E-state index is 12.5. The van der Waals surface area contributed by atoms with Crippen molar-refractivity contribution in [3.05, 3.63) is 22.6 Å². The van der Waals surface area contributed by atoms with Gasteiger partial charge in [-0.25, -0.2) is 0 Å². The Bertz CT molecular complexity index is 847. The van der Waals surface area contributed by atoms with E-state index < -0.39 is 29.7 Å². The number of halogens is 3. The molecular weight excluding hydrogens is 429 g/mol. The van der Waals surface area contributed by atoms with Crippen LogP contribution in [0.1, 0.15) is 12.0 Å². The second-order valence-corrected chi connectivity index (χ2v) is 6.93. The van der Waals surface area contributed by atoms with E-state index in [2.05, 4.69) is 0 Å². The van der Waals surface area contributed by atoms with Crippen molar-refractivity contribution in [3.63, 3.8) is 0 Å². The van der Waals surface area contributed by atoms with E-state index >= 15 is 0 Å². The highest BCUT2D eigenvalue weighted by atomic mass is 32.2. The van der Waals surface area contributed by atoms with Gasteiger partial charge < -0.3 is 19.5 Å². The second kappa shape index (κ2) is 9.74. The lowest BCUT2D eigenvalue weighted by Crippen LogP contribution is -2.38. The molecule has 1 heterocycles. The number of ether oxygens (including phenoxy) is 3. The number of hydrogen-bond donors (Lipinski definition) is 1. The average molecular weight is 448 g/mol. The Morgan fingerprint density at radius 1 is 1.13 bits per heavy atom. The summed E-state index contributed by atoms with van der Waals surface area (Å²) in [5.74, 6) is -0.782. The van der Waals surface area contributed by atoms with Crippen molar-refractivity contribution in [1.82, 2.24) is 10.2 Å². The quantitative estimate of drug-likeness (QED) is 0.611. The second-order valence-electron chi connectivity index (χ2n) is 5.93. The van der Waals surface area contributed by atoms with E-state index in [0.717, 1.165) is 4.90 Å². The zero-order valence-electron chi connectivity index (χ0n) is 16.3. The normalized spacial score (nSPS) is 15.5. The predicted octanol–water partition coefficient (Wildman–Crippen LogP) is 2.82. The van der Waals surface area contributed by atoms with Crippen molar-refractivity contribution in [3.8, 4) is 17.2 Å². The Kier molecular flexibility index (Phi) is 7.59. The Hall–Kier alpha value is -2.89. The minimum atomic E-state index is -4.63. The lowest BCUT2D eigenvalue weighted by atomic mass is 10.1. The van der Waals surface area contributed by atoms with Crippen LogP contribution in [0.2, 0.25) is 0 Å². The molecule has 0 bridgehead atoms. The molecule has 1 N–H and O–H groups in total.